The lowest BCUT2D eigenvalue weighted by atomic mass is 9.86. The maximum atomic E-state index is 13.7. The van der Waals surface area contributed by atoms with Crippen LogP contribution in [0.15, 0.2) is 73.3 Å². The first-order valence-electron chi connectivity index (χ1n) is 9.69. The summed E-state index contributed by atoms with van der Waals surface area (Å²) in [5, 5.41) is 0. The Labute approximate surface area is 183 Å². The average molecular weight is 463 g/mol. The van der Waals surface area contributed by atoms with Crippen molar-refractivity contribution >= 4 is 11.4 Å². The molecule has 0 spiro atoms. The Bertz CT molecular complexity index is 1290. The fraction of sp³-hybridized carbons (Fsp3) is 0.174. The summed E-state index contributed by atoms with van der Waals surface area (Å²) in [4.78, 5) is 21.0. The van der Waals surface area contributed by atoms with Crippen molar-refractivity contribution in [2.24, 2.45) is 0 Å². The first-order chi connectivity index (χ1) is 15.5. The number of alkyl halides is 6. The van der Waals surface area contributed by atoms with E-state index in [0.717, 1.165) is 42.6 Å². The number of fused-ring (bicyclic) bond motifs is 1. The highest BCUT2D eigenvalue weighted by molar-refractivity contribution is 5.96. The Morgan fingerprint density at radius 3 is 2.27 bits per heavy atom. The first-order valence-corrected chi connectivity index (χ1v) is 9.69. The van der Waals surface area contributed by atoms with E-state index < -0.39 is 47.3 Å². The number of imidazole rings is 1. The maximum Gasteiger partial charge on any atom is 0.418 e. The van der Waals surface area contributed by atoms with E-state index in [9.17, 15) is 31.1 Å². The van der Waals surface area contributed by atoms with Gasteiger partial charge >= 0.3 is 12.4 Å². The predicted octanol–water partition coefficient (Wildman–Crippen LogP) is 6.17. The van der Waals surface area contributed by atoms with Gasteiger partial charge in [0.1, 0.15) is 5.65 Å². The number of hydrogen-bond acceptors (Lipinski definition) is 3. The van der Waals surface area contributed by atoms with Crippen molar-refractivity contribution in [3.05, 3.63) is 101 Å². The fourth-order valence-electron chi connectivity index (χ4n) is 3.60. The molecule has 0 aliphatic carbocycles. The molecule has 0 fully saturated rings. The lowest BCUT2D eigenvalue weighted by Gasteiger charge is -2.21. The molecular weight excluding hydrogens is 448 g/mol. The van der Waals surface area contributed by atoms with E-state index >= 15 is 0 Å². The zero-order chi connectivity index (χ0) is 23.8. The van der Waals surface area contributed by atoms with Gasteiger partial charge in [-0.05, 0) is 42.0 Å². The minimum absolute atomic E-state index is 0.115. The van der Waals surface area contributed by atoms with Gasteiger partial charge in [0.05, 0.1) is 16.8 Å². The lowest BCUT2D eigenvalue weighted by Crippen LogP contribution is -2.17. The Morgan fingerprint density at radius 1 is 0.879 bits per heavy atom. The maximum absolute atomic E-state index is 13.7. The molecule has 1 aromatic carbocycles. The van der Waals surface area contributed by atoms with Crippen molar-refractivity contribution in [3.8, 4) is 0 Å². The molecule has 0 saturated carbocycles. The minimum atomic E-state index is -4.76. The van der Waals surface area contributed by atoms with Gasteiger partial charge in [0.15, 0.2) is 5.78 Å². The number of halogens is 6. The van der Waals surface area contributed by atoms with E-state index in [4.69, 9.17) is 0 Å². The van der Waals surface area contributed by atoms with Gasteiger partial charge in [-0.2, -0.15) is 26.3 Å². The van der Waals surface area contributed by atoms with Crippen LogP contribution < -0.4 is 0 Å². The van der Waals surface area contributed by atoms with Crippen LogP contribution >= 0.6 is 0 Å². The van der Waals surface area contributed by atoms with Crippen molar-refractivity contribution in [2.45, 2.75) is 24.7 Å². The van der Waals surface area contributed by atoms with Crippen LogP contribution in [0.2, 0.25) is 0 Å². The fourth-order valence-corrected chi connectivity index (χ4v) is 3.60. The van der Waals surface area contributed by atoms with Gasteiger partial charge in [-0.25, -0.2) is 4.98 Å². The standard InChI is InChI=1S/C23H15F6N3O/c24-22(25,26)16-6-3-14(4-7-16)17(21-18(23(27,28)29)2-1-9-31-21)12-19(33)15-5-8-20-30-10-11-32(20)13-15/h1-11,13,17H,12H2/t17-/m0/s1. The molecule has 0 amide bonds. The summed E-state index contributed by atoms with van der Waals surface area (Å²) in [5.74, 6) is -1.70. The van der Waals surface area contributed by atoms with E-state index in [2.05, 4.69) is 9.97 Å². The third kappa shape index (κ3) is 4.74. The summed E-state index contributed by atoms with van der Waals surface area (Å²) >= 11 is 0. The zero-order valence-electron chi connectivity index (χ0n) is 16.7. The molecule has 0 aliphatic rings. The summed E-state index contributed by atoms with van der Waals surface area (Å²) in [7, 11) is 0. The van der Waals surface area contributed by atoms with E-state index in [0.29, 0.717) is 5.65 Å². The smallest absolute Gasteiger partial charge is 0.306 e. The number of carbonyl (C=O) groups excluding carboxylic acids is 1. The Kier molecular flexibility index (Phi) is 5.69. The minimum Gasteiger partial charge on any atom is -0.306 e. The van der Waals surface area contributed by atoms with E-state index in [1.165, 1.54) is 18.5 Å². The average Bonchev–Trinajstić information content (AvgIpc) is 3.24. The van der Waals surface area contributed by atoms with Crippen LogP contribution in [0.3, 0.4) is 0 Å². The number of rotatable bonds is 5. The second-order valence-corrected chi connectivity index (χ2v) is 7.34. The molecule has 0 saturated heterocycles. The van der Waals surface area contributed by atoms with Gasteiger partial charge in [0.25, 0.3) is 0 Å². The topological polar surface area (TPSA) is 47.3 Å². The molecule has 3 heterocycles. The molecule has 1 atom stereocenters. The highest BCUT2D eigenvalue weighted by Gasteiger charge is 2.37. The molecule has 0 radical (unpaired) electrons. The van der Waals surface area contributed by atoms with Crippen LogP contribution in [0.1, 0.15) is 45.1 Å². The van der Waals surface area contributed by atoms with Crippen molar-refractivity contribution < 1.29 is 31.1 Å². The molecule has 3 aromatic heterocycles. The van der Waals surface area contributed by atoms with Crippen molar-refractivity contribution in [1.82, 2.24) is 14.4 Å². The number of aromatic nitrogens is 3. The molecule has 33 heavy (non-hydrogen) atoms. The SMILES string of the molecule is O=C(C[C@@H](c1ccc(C(F)(F)F)cc1)c1ncccc1C(F)(F)F)c1ccc2nccn2c1. The summed E-state index contributed by atoms with van der Waals surface area (Å²) in [6, 6.07) is 8.75. The molecule has 0 unspecified atom stereocenters. The van der Waals surface area contributed by atoms with Crippen molar-refractivity contribution in [1.29, 1.82) is 0 Å². The lowest BCUT2D eigenvalue weighted by molar-refractivity contribution is -0.139. The van der Waals surface area contributed by atoms with Gasteiger partial charge in [-0.1, -0.05) is 12.1 Å². The Hall–Kier alpha value is -3.69. The summed E-state index contributed by atoms with van der Waals surface area (Å²) in [6.45, 7) is 0. The highest BCUT2D eigenvalue weighted by atomic mass is 19.4. The molecule has 0 bridgehead atoms. The number of ketones is 1. The summed E-state index contributed by atoms with van der Waals surface area (Å²) in [6.07, 6.45) is -4.00. The molecule has 0 N–H and O–H groups in total. The third-order valence-electron chi connectivity index (χ3n) is 5.21. The van der Waals surface area contributed by atoms with Gasteiger partial charge in [0.2, 0.25) is 0 Å². The number of benzene rings is 1. The second kappa shape index (κ2) is 8.34. The number of pyridine rings is 2. The van der Waals surface area contributed by atoms with Gasteiger partial charge in [-0.15, -0.1) is 0 Å². The second-order valence-electron chi connectivity index (χ2n) is 7.34. The number of carbonyl (C=O) groups is 1. The number of nitrogens with zero attached hydrogens (tertiary/aromatic N) is 3. The van der Waals surface area contributed by atoms with Gasteiger partial charge in [-0.3, -0.25) is 9.78 Å². The van der Waals surface area contributed by atoms with Gasteiger partial charge in [0, 0.05) is 42.7 Å². The normalized spacial score (nSPS) is 13.3. The summed E-state index contributed by atoms with van der Waals surface area (Å²) < 4.78 is 81.5. The van der Waals surface area contributed by atoms with Crippen LogP contribution in [0.5, 0.6) is 0 Å². The Morgan fingerprint density at radius 2 is 1.61 bits per heavy atom. The van der Waals surface area contributed by atoms with Crippen LogP contribution in [0.4, 0.5) is 26.3 Å². The molecule has 4 nitrogen and oxygen atoms in total. The molecule has 10 heteroatoms. The highest BCUT2D eigenvalue weighted by Crippen LogP contribution is 2.39. The molecule has 0 aliphatic heterocycles. The monoisotopic (exact) mass is 463 g/mol. The Balaban J connectivity index is 1.77. The zero-order valence-corrected chi connectivity index (χ0v) is 16.7. The van der Waals surface area contributed by atoms with E-state index in [-0.39, 0.29) is 11.1 Å². The number of hydrogen-bond donors (Lipinski definition) is 0. The van der Waals surface area contributed by atoms with E-state index in [1.54, 1.807) is 16.7 Å². The van der Waals surface area contributed by atoms with Crippen LogP contribution in [-0.2, 0) is 12.4 Å². The molecule has 4 aromatic rings. The van der Waals surface area contributed by atoms with Crippen LogP contribution in [-0.4, -0.2) is 20.2 Å². The molecular formula is C23H15F6N3O. The van der Waals surface area contributed by atoms with Gasteiger partial charge < -0.3 is 4.40 Å². The first kappa shape index (κ1) is 22.5. The van der Waals surface area contributed by atoms with Crippen LogP contribution in [0.25, 0.3) is 5.65 Å². The quantitative estimate of drug-likeness (QED) is 0.263. The largest absolute Gasteiger partial charge is 0.418 e. The summed E-state index contributed by atoms with van der Waals surface area (Å²) in [5.41, 5.74) is -1.50. The molecule has 4 rings (SSSR count). The van der Waals surface area contributed by atoms with E-state index in [1.807, 2.05) is 0 Å². The van der Waals surface area contributed by atoms with Crippen molar-refractivity contribution in [3.63, 3.8) is 0 Å². The van der Waals surface area contributed by atoms with Crippen LogP contribution in [0, 0.1) is 0 Å². The number of Topliss-reactive ketones (excluding diaryl/α,β-unsaturated/α-hetero) is 1. The predicted molar refractivity (Wildman–Crippen MR) is 107 cm³/mol. The van der Waals surface area contributed by atoms with Crippen molar-refractivity contribution in [2.75, 3.05) is 0 Å². The third-order valence-corrected chi connectivity index (χ3v) is 5.21. The molecule has 170 valence electrons.